The lowest BCUT2D eigenvalue weighted by molar-refractivity contribution is -0.384. The number of halogens is 3. The van der Waals surface area contributed by atoms with E-state index in [1.807, 2.05) is 0 Å². The monoisotopic (exact) mass is 456 g/mol. The summed E-state index contributed by atoms with van der Waals surface area (Å²) in [5.41, 5.74) is -0.423. The standard InChI is InChI=1S/C17H11Cl3N4O5/c18-9-5-12(19)17(13(20)6-9)23-16(26)7-14(22-23)21-15(25)8-29-11-3-1-10(2-4-11)24(27)28/h1-7,22H,8H2,(H,21,25). The van der Waals surface area contributed by atoms with Crippen LogP contribution in [-0.2, 0) is 4.79 Å². The third-order valence-corrected chi connectivity index (χ3v) is 4.41. The molecule has 2 aromatic carbocycles. The van der Waals surface area contributed by atoms with E-state index in [4.69, 9.17) is 39.5 Å². The molecule has 1 aromatic heterocycles. The number of non-ortho nitro benzene ring substituents is 1. The second-order valence-corrected chi connectivity index (χ2v) is 6.90. The van der Waals surface area contributed by atoms with Crippen molar-refractivity contribution >= 4 is 52.2 Å². The number of rotatable bonds is 6. The maximum Gasteiger partial charge on any atom is 0.273 e. The Kier molecular flexibility index (Phi) is 6.12. The number of nitrogens with zero attached hydrogens (tertiary/aromatic N) is 2. The van der Waals surface area contributed by atoms with E-state index in [1.165, 1.54) is 36.4 Å². The van der Waals surface area contributed by atoms with E-state index in [1.54, 1.807) is 0 Å². The molecule has 0 saturated heterocycles. The molecule has 0 saturated carbocycles. The van der Waals surface area contributed by atoms with Crippen LogP contribution < -0.4 is 15.6 Å². The van der Waals surface area contributed by atoms with E-state index in [0.717, 1.165) is 10.7 Å². The number of aromatic amines is 1. The number of anilines is 1. The van der Waals surface area contributed by atoms with E-state index in [-0.39, 0.29) is 39.6 Å². The van der Waals surface area contributed by atoms with Crippen LogP contribution in [-0.4, -0.2) is 27.2 Å². The minimum absolute atomic E-state index is 0.0920. The lowest BCUT2D eigenvalue weighted by atomic mass is 10.3. The molecule has 150 valence electrons. The maximum atomic E-state index is 12.2. The predicted molar refractivity (Wildman–Crippen MR) is 109 cm³/mol. The van der Waals surface area contributed by atoms with E-state index in [0.29, 0.717) is 5.02 Å². The van der Waals surface area contributed by atoms with Crippen molar-refractivity contribution in [1.29, 1.82) is 0 Å². The van der Waals surface area contributed by atoms with Gasteiger partial charge >= 0.3 is 0 Å². The van der Waals surface area contributed by atoms with Gasteiger partial charge in [-0.3, -0.25) is 24.8 Å². The Bertz CT molecular complexity index is 1120. The molecule has 9 nitrogen and oxygen atoms in total. The van der Waals surface area contributed by atoms with Crippen molar-refractivity contribution < 1.29 is 14.5 Å². The van der Waals surface area contributed by atoms with Crippen LogP contribution in [0.2, 0.25) is 15.1 Å². The van der Waals surface area contributed by atoms with E-state index in [2.05, 4.69) is 10.4 Å². The van der Waals surface area contributed by atoms with Gasteiger partial charge in [-0.25, -0.2) is 4.68 Å². The summed E-state index contributed by atoms with van der Waals surface area (Å²) in [5.74, 6) is -0.198. The number of benzene rings is 2. The second-order valence-electron chi connectivity index (χ2n) is 5.65. The molecule has 0 fully saturated rings. The summed E-state index contributed by atoms with van der Waals surface area (Å²) in [7, 11) is 0. The molecule has 29 heavy (non-hydrogen) atoms. The Morgan fingerprint density at radius 2 is 1.76 bits per heavy atom. The fourth-order valence-electron chi connectivity index (χ4n) is 2.37. The molecule has 3 rings (SSSR count). The van der Waals surface area contributed by atoms with Gasteiger partial charge in [0.05, 0.1) is 15.0 Å². The Hall–Kier alpha value is -3.01. The number of ether oxygens (including phenoxy) is 1. The van der Waals surface area contributed by atoms with Gasteiger partial charge < -0.3 is 10.1 Å². The smallest absolute Gasteiger partial charge is 0.273 e. The summed E-state index contributed by atoms with van der Waals surface area (Å²) in [6.07, 6.45) is 0. The fourth-order valence-corrected chi connectivity index (χ4v) is 3.36. The molecule has 0 spiro atoms. The molecule has 2 N–H and O–H groups in total. The summed E-state index contributed by atoms with van der Waals surface area (Å²) in [6, 6.07) is 9.24. The number of hydrogen-bond acceptors (Lipinski definition) is 5. The van der Waals surface area contributed by atoms with Crippen molar-refractivity contribution in [3.8, 4) is 11.4 Å². The van der Waals surface area contributed by atoms with Gasteiger partial charge in [0.15, 0.2) is 6.61 Å². The van der Waals surface area contributed by atoms with Crippen molar-refractivity contribution in [3.63, 3.8) is 0 Å². The Labute approximate surface area is 177 Å². The number of carbonyl (C=O) groups excluding carboxylic acids is 1. The third kappa shape index (κ3) is 4.89. The number of nitro groups is 1. The van der Waals surface area contributed by atoms with Crippen LogP contribution >= 0.6 is 34.8 Å². The highest BCUT2D eigenvalue weighted by molar-refractivity contribution is 6.40. The summed E-state index contributed by atoms with van der Waals surface area (Å²) in [4.78, 5) is 34.3. The van der Waals surface area contributed by atoms with Crippen LogP contribution in [0, 0.1) is 10.1 Å². The van der Waals surface area contributed by atoms with Crippen molar-refractivity contribution in [2.45, 2.75) is 0 Å². The molecule has 0 aliphatic carbocycles. The summed E-state index contributed by atoms with van der Waals surface area (Å²) >= 11 is 18.1. The highest BCUT2D eigenvalue weighted by Crippen LogP contribution is 2.31. The zero-order valence-electron chi connectivity index (χ0n) is 14.3. The second kappa shape index (κ2) is 8.56. The maximum absolute atomic E-state index is 12.2. The van der Waals surface area contributed by atoms with Crippen molar-refractivity contribution in [3.05, 3.63) is 78.0 Å². The van der Waals surface area contributed by atoms with Gasteiger partial charge in [0.2, 0.25) is 0 Å². The normalized spacial score (nSPS) is 10.6. The van der Waals surface area contributed by atoms with Gasteiger partial charge in [0.1, 0.15) is 17.3 Å². The van der Waals surface area contributed by atoms with E-state index >= 15 is 0 Å². The Morgan fingerprint density at radius 3 is 2.34 bits per heavy atom. The summed E-state index contributed by atoms with van der Waals surface area (Å²) in [6.45, 7) is -0.381. The van der Waals surface area contributed by atoms with Crippen molar-refractivity contribution in [2.75, 3.05) is 11.9 Å². The number of aromatic nitrogens is 2. The minimum Gasteiger partial charge on any atom is -0.484 e. The number of H-pyrrole nitrogens is 1. The first-order chi connectivity index (χ1) is 13.7. The van der Waals surface area contributed by atoms with Crippen LogP contribution in [0.5, 0.6) is 5.75 Å². The molecule has 12 heteroatoms. The first-order valence-corrected chi connectivity index (χ1v) is 9.02. The zero-order chi connectivity index (χ0) is 21.1. The highest BCUT2D eigenvalue weighted by atomic mass is 35.5. The van der Waals surface area contributed by atoms with E-state index in [9.17, 15) is 19.7 Å². The number of amides is 1. The lowest BCUT2D eigenvalue weighted by Crippen LogP contribution is -2.20. The highest BCUT2D eigenvalue weighted by Gasteiger charge is 2.15. The Morgan fingerprint density at radius 1 is 1.14 bits per heavy atom. The average Bonchev–Trinajstić information content (AvgIpc) is 2.99. The molecule has 0 aliphatic heterocycles. The molecule has 0 unspecified atom stereocenters. The molecule has 0 bridgehead atoms. The predicted octanol–water partition coefficient (Wildman–Crippen LogP) is 4.05. The lowest BCUT2D eigenvalue weighted by Gasteiger charge is -2.09. The topological polar surface area (TPSA) is 119 Å². The number of nitrogens with one attached hydrogen (secondary N) is 2. The van der Waals surface area contributed by atoms with Gasteiger partial charge in [-0.2, -0.15) is 0 Å². The summed E-state index contributed by atoms with van der Waals surface area (Å²) in [5, 5.41) is 16.4. The third-order valence-electron chi connectivity index (χ3n) is 3.62. The molecule has 0 radical (unpaired) electrons. The largest absolute Gasteiger partial charge is 0.484 e. The van der Waals surface area contributed by atoms with Gasteiger partial charge in [0, 0.05) is 23.2 Å². The quantitative estimate of drug-likeness (QED) is 0.427. The summed E-state index contributed by atoms with van der Waals surface area (Å²) < 4.78 is 6.32. The molecular weight excluding hydrogens is 447 g/mol. The van der Waals surface area contributed by atoms with E-state index < -0.39 is 16.4 Å². The van der Waals surface area contributed by atoms with Crippen LogP contribution in [0.15, 0.2) is 47.3 Å². The number of nitro benzene ring substituents is 1. The SMILES string of the molecule is O=C(COc1ccc([N+](=O)[O-])cc1)Nc1cc(=O)n(-c2c(Cl)cc(Cl)cc2Cl)[nH]1. The van der Waals surface area contributed by atoms with Crippen LogP contribution in [0.1, 0.15) is 0 Å². The van der Waals surface area contributed by atoms with Crippen LogP contribution in [0.4, 0.5) is 11.5 Å². The Balaban J connectivity index is 1.68. The van der Waals surface area contributed by atoms with Gasteiger partial charge in [0.25, 0.3) is 17.2 Å². The van der Waals surface area contributed by atoms with Crippen molar-refractivity contribution in [1.82, 2.24) is 9.78 Å². The molecule has 0 aliphatic rings. The van der Waals surface area contributed by atoms with Gasteiger partial charge in [-0.1, -0.05) is 34.8 Å². The number of hydrogen-bond donors (Lipinski definition) is 2. The van der Waals surface area contributed by atoms with Gasteiger partial charge in [-0.15, -0.1) is 0 Å². The average molecular weight is 458 g/mol. The number of carbonyl (C=O) groups is 1. The van der Waals surface area contributed by atoms with Crippen LogP contribution in [0.25, 0.3) is 5.69 Å². The fraction of sp³-hybridized carbons (Fsp3) is 0.0588. The minimum atomic E-state index is -0.565. The van der Waals surface area contributed by atoms with Crippen molar-refractivity contribution in [2.24, 2.45) is 0 Å². The molecule has 1 amide bonds. The molecule has 0 atom stereocenters. The van der Waals surface area contributed by atoms with Gasteiger partial charge in [-0.05, 0) is 24.3 Å². The van der Waals surface area contributed by atoms with Crippen LogP contribution in [0.3, 0.4) is 0 Å². The molecule has 3 aromatic rings. The zero-order valence-corrected chi connectivity index (χ0v) is 16.6. The first-order valence-electron chi connectivity index (χ1n) is 7.88. The molecule has 1 heterocycles. The molecular formula is C17H11Cl3N4O5. The first kappa shape index (κ1) is 20.7.